The predicted octanol–water partition coefficient (Wildman–Crippen LogP) is 3.38. The molecular formula is C23H30F2IN5O. The van der Waals surface area contributed by atoms with Crippen LogP contribution >= 0.6 is 24.0 Å². The van der Waals surface area contributed by atoms with E-state index in [2.05, 4.69) is 32.7 Å². The second kappa shape index (κ2) is 13.2. The van der Waals surface area contributed by atoms with Crippen molar-refractivity contribution < 1.29 is 13.6 Å². The van der Waals surface area contributed by atoms with Crippen LogP contribution in [0.3, 0.4) is 0 Å². The van der Waals surface area contributed by atoms with Crippen LogP contribution in [0.25, 0.3) is 0 Å². The van der Waals surface area contributed by atoms with Gasteiger partial charge in [-0.3, -0.25) is 4.79 Å². The molecule has 0 unspecified atom stereocenters. The van der Waals surface area contributed by atoms with Crippen LogP contribution in [0.5, 0.6) is 0 Å². The molecule has 2 N–H and O–H groups in total. The molecule has 3 rings (SSSR count). The molecule has 1 aliphatic heterocycles. The number of para-hydroxylation sites is 1. The fourth-order valence-electron chi connectivity index (χ4n) is 3.47. The summed E-state index contributed by atoms with van der Waals surface area (Å²) in [5, 5.41) is 6.15. The van der Waals surface area contributed by atoms with Crippen LogP contribution in [0.15, 0.2) is 53.5 Å². The van der Waals surface area contributed by atoms with Crippen molar-refractivity contribution in [1.82, 2.24) is 15.5 Å². The molecule has 1 heterocycles. The summed E-state index contributed by atoms with van der Waals surface area (Å²) in [5.41, 5.74) is 1.36. The molecular weight excluding hydrogens is 527 g/mol. The minimum atomic E-state index is -0.498. The number of hydrogen-bond acceptors (Lipinski definition) is 3. The Morgan fingerprint density at radius 3 is 2.44 bits per heavy atom. The molecule has 0 saturated carbocycles. The maximum Gasteiger partial charge on any atom is 0.224 e. The van der Waals surface area contributed by atoms with Crippen molar-refractivity contribution in [3.63, 3.8) is 0 Å². The van der Waals surface area contributed by atoms with Crippen LogP contribution in [-0.4, -0.2) is 56.0 Å². The van der Waals surface area contributed by atoms with E-state index in [-0.39, 0.29) is 42.0 Å². The van der Waals surface area contributed by atoms with Gasteiger partial charge in [0.25, 0.3) is 0 Å². The minimum Gasteiger partial charge on any atom is -0.368 e. The van der Waals surface area contributed by atoms with E-state index in [1.165, 1.54) is 5.69 Å². The van der Waals surface area contributed by atoms with Crippen LogP contribution in [0.4, 0.5) is 14.5 Å². The second-order valence-corrected chi connectivity index (χ2v) is 7.31. The van der Waals surface area contributed by atoms with Gasteiger partial charge in [0, 0.05) is 56.9 Å². The third kappa shape index (κ3) is 7.61. The Morgan fingerprint density at radius 2 is 1.75 bits per heavy atom. The lowest BCUT2D eigenvalue weighted by Crippen LogP contribution is -2.49. The molecule has 1 saturated heterocycles. The van der Waals surface area contributed by atoms with Gasteiger partial charge in [-0.1, -0.05) is 18.2 Å². The van der Waals surface area contributed by atoms with E-state index in [4.69, 9.17) is 0 Å². The largest absolute Gasteiger partial charge is 0.368 e. The van der Waals surface area contributed by atoms with E-state index in [1.807, 2.05) is 30.0 Å². The maximum absolute atomic E-state index is 13.8. The molecule has 6 nitrogen and oxygen atoms in total. The summed E-state index contributed by atoms with van der Waals surface area (Å²) < 4.78 is 27.1. The number of amides is 1. The maximum atomic E-state index is 13.8. The molecule has 2 aromatic rings. The molecule has 0 aliphatic carbocycles. The van der Waals surface area contributed by atoms with Crippen molar-refractivity contribution in [2.24, 2.45) is 4.99 Å². The van der Waals surface area contributed by atoms with Gasteiger partial charge < -0.3 is 20.4 Å². The van der Waals surface area contributed by atoms with Gasteiger partial charge in [-0.25, -0.2) is 13.8 Å². The Morgan fingerprint density at radius 1 is 1.03 bits per heavy atom. The molecule has 1 aliphatic rings. The Bertz CT molecular complexity index is 889. The van der Waals surface area contributed by atoms with Gasteiger partial charge in [0.1, 0.15) is 11.6 Å². The van der Waals surface area contributed by atoms with Crippen molar-refractivity contribution in [1.29, 1.82) is 0 Å². The number of anilines is 1. The Hall–Kier alpha value is -2.43. The minimum absolute atomic E-state index is 0. The monoisotopic (exact) mass is 557 g/mol. The Kier molecular flexibility index (Phi) is 10.6. The van der Waals surface area contributed by atoms with E-state index in [0.717, 1.165) is 31.3 Å². The normalized spacial score (nSPS) is 14.0. The van der Waals surface area contributed by atoms with Crippen LogP contribution in [0.2, 0.25) is 0 Å². The summed E-state index contributed by atoms with van der Waals surface area (Å²) in [6.45, 7) is 5.97. The van der Waals surface area contributed by atoms with Gasteiger partial charge in [0.05, 0.1) is 6.54 Å². The molecule has 32 heavy (non-hydrogen) atoms. The third-order valence-electron chi connectivity index (χ3n) is 5.14. The summed E-state index contributed by atoms with van der Waals surface area (Å²) in [6, 6.07) is 13.5. The smallest absolute Gasteiger partial charge is 0.224 e. The second-order valence-electron chi connectivity index (χ2n) is 7.31. The number of carbonyl (C=O) groups excluding carboxylic acids is 1. The van der Waals surface area contributed by atoms with E-state index < -0.39 is 11.6 Å². The first-order valence-corrected chi connectivity index (χ1v) is 10.6. The summed E-state index contributed by atoms with van der Waals surface area (Å²) in [4.78, 5) is 21.0. The average Bonchev–Trinajstić information content (AvgIpc) is 2.80. The lowest BCUT2D eigenvalue weighted by Gasteiger charge is -2.36. The van der Waals surface area contributed by atoms with E-state index in [9.17, 15) is 13.6 Å². The van der Waals surface area contributed by atoms with Crippen molar-refractivity contribution in [3.8, 4) is 0 Å². The third-order valence-corrected chi connectivity index (χ3v) is 5.14. The quantitative estimate of drug-likeness (QED) is 0.312. The number of nitrogens with zero attached hydrogens (tertiary/aromatic N) is 3. The fourth-order valence-corrected chi connectivity index (χ4v) is 3.47. The first-order valence-electron chi connectivity index (χ1n) is 10.6. The van der Waals surface area contributed by atoms with Gasteiger partial charge in [-0.05, 0) is 37.3 Å². The standard InChI is InChI=1S/C23H29F2N5O.HI/c1-2-26-23(28-17-18-16-19(24)8-9-21(18)25)27-11-10-22(31)30-14-12-29(13-15-30)20-6-4-3-5-7-20;/h3-9,16H,2,10-15,17H2,1H3,(H2,26,27,28);1H. The zero-order valence-corrected chi connectivity index (χ0v) is 20.5. The number of guanidine groups is 1. The van der Waals surface area contributed by atoms with Crippen LogP contribution in [-0.2, 0) is 11.3 Å². The van der Waals surface area contributed by atoms with Crippen molar-refractivity contribution in [2.75, 3.05) is 44.2 Å². The van der Waals surface area contributed by atoms with Gasteiger partial charge in [-0.15, -0.1) is 24.0 Å². The zero-order chi connectivity index (χ0) is 22.1. The highest BCUT2D eigenvalue weighted by Gasteiger charge is 2.20. The molecule has 9 heteroatoms. The van der Waals surface area contributed by atoms with Crippen LogP contribution in [0.1, 0.15) is 18.9 Å². The Balaban J connectivity index is 0.00000363. The highest BCUT2D eigenvalue weighted by Crippen LogP contribution is 2.16. The van der Waals surface area contributed by atoms with E-state index >= 15 is 0 Å². The van der Waals surface area contributed by atoms with Crippen molar-refractivity contribution in [3.05, 3.63) is 65.7 Å². The van der Waals surface area contributed by atoms with Crippen molar-refractivity contribution >= 4 is 41.5 Å². The lowest BCUT2D eigenvalue weighted by atomic mass is 10.2. The molecule has 0 spiro atoms. The number of rotatable bonds is 7. The van der Waals surface area contributed by atoms with Crippen molar-refractivity contribution in [2.45, 2.75) is 19.9 Å². The number of nitrogens with one attached hydrogen (secondary N) is 2. The SMILES string of the molecule is CCNC(=NCc1cc(F)ccc1F)NCCC(=O)N1CCN(c2ccccc2)CC1.I. The van der Waals surface area contributed by atoms with Gasteiger partial charge in [0.15, 0.2) is 5.96 Å². The van der Waals surface area contributed by atoms with Gasteiger partial charge in [0.2, 0.25) is 5.91 Å². The molecule has 174 valence electrons. The molecule has 0 aromatic heterocycles. The highest BCUT2D eigenvalue weighted by atomic mass is 127. The average molecular weight is 557 g/mol. The molecule has 2 aromatic carbocycles. The number of carbonyl (C=O) groups is 1. The topological polar surface area (TPSA) is 60.0 Å². The summed E-state index contributed by atoms with van der Waals surface area (Å²) in [6.07, 6.45) is 0.337. The summed E-state index contributed by atoms with van der Waals surface area (Å²) >= 11 is 0. The molecule has 0 atom stereocenters. The van der Waals surface area contributed by atoms with E-state index in [0.29, 0.717) is 38.6 Å². The molecule has 1 amide bonds. The number of halogens is 3. The Labute approximate surface area is 205 Å². The summed E-state index contributed by atoms with van der Waals surface area (Å²) in [5.74, 6) is -0.437. The fraction of sp³-hybridized carbons (Fsp3) is 0.391. The molecule has 0 bridgehead atoms. The lowest BCUT2D eigenvalue weighted by molar-refractivity contribution is -0.131. The highest BCUT2D eigenvalue weighted by molar-refractivity contribution is 14.0. The van der Waals surface area contributed by atoms with Gasteiger partial charge in [-0.2, -0.15) is 0 Å². The molecule has 1 fully saturated rings. The number of aliphatic imine (C=N–C) groups is 1. The number of hydrogen-bond donors (Lipinski definition) is 2. The van der Waals surface area contributed by atoms with Gasteiger partial charge >= 0.3 is 0 Å². The summed E-state index contributed by atoms with van der Waals surface area (Å²) in [7, 11) is 0. The number of benzene rings is 2. The van der Waals surface area contributed by atoms with Crippen LogP contribution < -0.4 is 15.5 Å². The predicted molar refractivity (Wildman–Crippen MR) is 134 cm³/mol. The first-order chi connectivity index (χ1) is 15.1. The van der Waals surface area contributed by atoms with E-state index in [1.54, 1.807) is 0 Å². The zero-order valence-electron chi connectivity index (χ0n) is 18.2. The number of piperazine rings is 1. The molecule has 0 radical (unpaired) electrons. The van der Waals surface area contributed by atoms with Crippen LogP contribution in [0, 0.1) is 11.6 Å². The first kappa shape index (κ1) is 25.8.